The number of ether oxygens (including phenoxy) is 1. The summed E-state index contributed by atoms with van der Waals surface area (Å²) in [6.45, 7) is 1.45. The van der Waals surface area contributed by atoms with E-state index in [0.29, 0.717) is 37.3 Å². The fourth-order valence-electron chi connectivity index (χ4n) is 4.92. The quantitative estimate of drug-likeness (QED) is 0.245. The molecule has 0 atom stereocenters. The number of carboxylic acids is 1. The first-order valence-electron chi connectivity index (χ1n) is 12.5. The molecule has 0 amide bonds. The summed E-state index contributed by atoms with van der Waals surface area (Å²) >= 11 is 7.71. The molecule has 0 radical (unpaired) electrons. The van der Waals surface area contributed by atoms with Gasteiger partial charge in [-0.1, -0.05) is 34.2 Å². The highest BCUT2D eigenvalue weighted by molar-refractivity contribution is 7.22. The number of hydrogen-bond donors (Lipinski definition) is 1. The van der Waals surface area contributed by atoms with Crippen LogP contribution in [-0.2, 0) is 17.5 Å². The number of benzene rings is 2. The number of halogens is 4. The predicted octanol–water partition coefficient (Wildman–Crippen LogP) is 7.38. The van der Waals surface area contributed by atoms with Gasteiger partial charge in [-0.15, -0.1) is 0 Å². The van der Waals surface area contributed by atoms with Crippen molar-refractivity contribution in [2.24, 2.45) is 0 Å². The van der Waals surface area contributed by atoms with Gasteiger partial charge in [-0.2, -0.15) is 13.2 Å². The number of alkyl halides is 3. The summed E-state index contributed by atoms with van der Waals surface area (Å²) in [6, 6.07) is 8.58. The number of piperidine rings is 1. The standard InChI is InChI=1S/C27H23ClF3N3O4S/c28-19-3-1-2-18(27(29,30)31)22(19)23-17(24(38-33-23)14-4-5-14)13-37-16-8-10-34(11-9-16)26-32-20-7-6-15(25(35)36)12-21(20)39-26/h1-3,6-7,12,14,16H,4-5,8-11,13H2,(H,35,36). The highest BCUT2D eigenvalue weighted by atomic mass is 35.5. The van der Waals surface area contributed by atoms with Crippen LogP contribution in [-0.4, -0.2) is 40.4 Å². The number of carboxylic acid groups (broad SMARTS) is 1. The lowest BCUT2D eigenvalue weighted by atomic mass is 9.99. The van der Waals surface area contributed by atoms with E-state index in [9.17, 15) is 23.1 Å². The van der Waals surface area contributed by atoms with Gasteiger partial charge in [-0.05, 0) is 56.0 Å². The number of carbonyl (C=O) groups is 1. The highest BCUT2D eigenvalue weighted by Crippen LogP contribution is 2.47. The van der Waals surface area contributed by atoms with Gasteiger partial charge in [0.25, 0.3) is 0 Å². The van der Waals surface area contributed by atoms with Crippen molar-refractivity contribution >= 4 is 44.3 Å². The highest BCUT2D eigenvalue weighted by Gasteiger charge is 2.39. The van der Waals surface area contributed by atoms with Crippen LogP contribution in [0.25, 0.3) is 21.5 Å². The molecule has 4 aromatic rings. The van der Waals surface area contributed by atoms with Crippen LogP contribution >= 0.6 is 22.9 Å². The molecule has 2 aromatic carbocycles. The Morgan fingerprint density at radius 3 is 2.64 bits per heavy atom. The Hall–Kier alpha value is -3.15. The summed E-state index contributed by atoms with van der Waals surface area (Å²) in [5.74, 6) is -0.273. The predicted molar refractivity (Wildman–Crippen MR) is 141 cm³/mol. The Balaban J connectivity index is 1.17. The molecule has 2 aliphatic rings. The molecular formula is C27H23ClF3N3O4S. The second-order valence-electron chi connectivity index (χ2n) is 9.79. The molecule has 3 heterocycles. The molecule has 204 valence electrons. The van der Waals surface area contributed by atoms with Gasteiger partial charge in [-0.25, -0.2) is 9.78 Å². The number of anilines is 1. The van der Waals surface area contributed by atoms with Gasteiger partial charge in [0, 0.05) is 30.1 Å². The summed E-state index contributed by atoms with van der Waals surface area (Å²) in [5, 5.41) is 14.1. The maximum atomic E-state index is 13.8. The summed E-state index contributed by atoms with van der Waals surface area (Å²) in [5.41, 5.74) is 0.553. The van der Waals surface area contributed by atoms with E-state index in [1.807, 2.05) is 0 Å². The fourth-order valence-corrected chi connectivity index (χ4v) is 6.24. The lowest BCUT2D eigenvalue weighted by Crippen LogP contribution is -2.37. The van der Waals surface area contributed by atoms with Crippen molar-refractivity contribution in [3.05, 3.63) is 63.9 Å². The van der Waals surface area contributed by atoms with Gasteiger partial charge in [0.05, 0.1) is 39.1 Å². The third-order valence-electron chi connectivity index (χ3n) is 7.12. The summed E-state index contributed by atoms with van der Waals surface area (Å²) < 4.78 is 54.0. The lowest BCUT2D eigenvalue weighted by molar-refractivity contribution is -0.137. The zero-order chi connectivity index (χ0) is 27.3. The molecule has 1 aliphatic carbocycles. The van der Waals surface area contributed by atoms with Crippen LogP contribution in [0.4, 0.5) is 18.3 Å². The second kappa shape index (κ2) is 10.1. The third-order valence-corrected chi connectivity index (χ3v) is 8.52. The van der Waals surface area contributed by atoms with Crippen molar-refractivity contribution < 1.29 is 32.3 Å². The van der Waals surface area contributed by atoms with E-state index in [1.165, 1.54) is 23.5 Å². The summed E-state index contributed by atoms with van der Waals surface area (Å²) in [7, 11) is 0. The van der Waals surface area contributed by atoms with Crippen LogP contribution < -0.4 is 4.90 Å². The molecule has 0 unspecified atom stereocenters. The smallest absolute Gasteiger partial charge is 0.417 e. The van der Waals surface area contributed by atoms with Gasteiger partial charge in [-0.3, -0.25) is 0 Å². The number of hydrogen-bond acceptors (Lipinski definition) is 7. The zero-order valence-corrected chi connectivity index (χ0v) is 22.1. The molecule has 12 heteroatoms. The molecule has 39 heavy (non-hydrogen) atoms. The number of aromatic carboxylic acids is 1. The van der Waals surface area contributed by atoms with E-state index in [-0.39, 0.29) is 40.5 Å². The van der Waals surface area contributed by atoms with Crippen molar-refractivity contribution in [3.8, 4) is 11.3 Å². The number of fused-ring (bicyclic) bond motifs is 1. The van der Waals surface area contributed by atoms with Crippen LogP contribution in [0.2, 0.25) is 5.02 Å². The molecule has 7 nitrogen and oxygen atoms in total. The van der Waals surface area contributed by atoms with E-state index in [4.69, 9.17) is 20.9 Å². The van der Waals surface area contributed by atoms with E-state index in [0.717, 1.165) is 34.3 Å². The maximum absolute atomic E-state index is 13.8. The summed E-state index contributed by atoms with van der Waals surface area (Å²) in [4.78, 5) is 18.1. The van der Waals surface area contributed by atoms with Gasteiger partial charge < -0.3 is 19.3 Å². The molecule has 1 N–H and O–H groups in total. The normalized spacial score (nSPS) is 16.8. The van der Waals surface area contributed by atoms with Gasteiger partial charge in [0.15, 0.2) is 5.13 Å². The summed E-state index contributed by atoms with van der Waals surface area (Å²) in [6.07, 6.45) is -1.50. The van der Waals surface area contributed by atoms with Crippen molar-refractivity contribution in [2.75, 3.05) is 18.0 Å². The number of thiazole rings is 1. The Morgan fingerprint density at radius 2 is 1.95 bits per heavy atom. The van der Waals surface area contributed by atoms with Crippen molar-refractivity contribution in [3.63, 3.8) is 0 Å². The first-order valence-corrected chi connectivity index (χ1v) is 13.7. The Morgan fingerprint density at radius 1 is 1.18 bits per heavy atom. The monoisotopic (exact) mass is 577 g/mol. The SMILES string of the molecule is O=C(O)c1ccc2nc(N3CCC(OCc4c(-c5c(Cl)cccc5C(F)(F)F)noc4C4CC4)CC3)sc2c1. The molecule has 6 rings (SSSR count). The van der Waals surface area contributed by atoms with E-state index in [2.05, 4.69) is 15.0 Å². The van der Waals surface area contributed by atoms with Crippen LogP contribution in [0.5, 0.6) is 0 Å². The molecule has 0 spiro atoms. The average Bonchev–Trinajstić information content (AvgIpc) is 3.52. The van der Waals surface area contributed by atoms with Crippen molar-refractivity contribution in [1.29, 1.82) is 0 Å². The van der Waals surface area contributed by atoms with Crippen LogP contribution in [0.1, 0.15) is 58.8 Å². The van der Waals surface area contributed by atoms with E-state index in [1.54, 1.807) is 18.2 Å². The minimum atomic E-state index is -4.60. The van der Waals surface area contributed by atoms with E-state index >= 15 is 0 Å². The lowest BCUT2D eigenvalue weighted by Gasteiger charge is -2.31. The molecule has 1 saturated carbocycles. The van der Waals surface area contributed by atoms with Crippen molar-refractivity contribution in [1.82, 2.24) is 10.1 Å². The maximum Gasteiger partial charge on any atom is 0.417 e. The molecule has 2 fully saturated rings. The minimum absolute atomic E-state index is 0.0404. The first-order chi connectivity index (χ1) is 18.7. The topological polar surface area (TPSA) is 88.7 Å². The number of nitrogens with zero attached hydrogens (tertiary/aromatic N) is 3. The van der Waals surface area contributed by atoms with Gasteiger partial charge >= 0.3 is 12.1 Å². The number of aromatic nitrogens is 2. The zero-order valence-electron chi connectivity index (χ0n) is 20.5. The number of rotatable bonds is 7. The van der Waals surface area contributed by atoms with Crippen LogP contribution in [0, 0.1) is 0 Å². The first kappa shape index (κ1) is 26.1. The fraction of sp³-hybridized carbons (Fsp3) is 0.370. The largest absolute Gasteiger partial charge is 0.478 e. The molecule has 0 bridgehead atoms. The second-order valence-corrected chi connectivity index (χ2v) is 11.2. The average molecular weight is 578 g/mol. The molecule has 1 aliphatic heterocycles. The Labute approximate surface area is 230 Å². The van der Waals surface area contributed by atoms with Crippen molar-refractivity contribution in [2.45, 2.75) is 50.5 Å². The molecular weight excluding hydrogens is 555 g/mol. The molecule has 2 aromatic heterocycles. The van der Waals surface area contributed by atoms with Crippen LogP contribution in [0.3, 0.4) is 0 Å². The van der Waals surface area contributed by atoms with Crippen LogP contribution in [0.15, 0.2) is 40.9 Å². The molecule has 1 saturated heterocycles. The minimum Gasteiger partial charge on any atom is -0.478 e. The third kappa shape index (κ3) is 5.22. The van der Waals surface area contributed by atoms with Gasteiger partial charge in [0.1, 0.15) is 11.5 Å². The van der Waals surface area contributed by atoms with E-state index < -0.39 is 17.7 Å². The Kier molecular flexibility index (Phi) is 6.76. The van der Waals surface area contributed by atoms with Gasteiger partial charge in [0.2, 0.25) is 0 Å². The Bertz CT molecular complexity index is 1540.